The molecule has 0 amide bonds. The van der Waals surface area contributed by atoms with Crippen molar-refractivity contribution >= 4 is 5.82 Å². The van der Waals surface area contributed by atoms with Gasteiger partial charge in [0.05, 0.1) is 12.7 Å². The Hall–Kier alpha value is -1.95. The number of aromatic nitrogens is 3. The van der Waals surface area contributed by atoms with Crippen molar-refractivity contribution in [2.75, 3.05) is 11.9 Å². The molecule has 0 atom stereocenters. The van der Waals surface area contributed by atoms with E-state index in [-0.39, 0.29) is 5.82 Å². The molecule has 2 aromatic rings. The summed E-state index contributed by atoms with van der Waals surface area (Å²) in [4.78, 5) is 10.6. The number of nitrogens with zero attached hydrogens (tertiary/aromatic N) is 4. The van der Waals surface area contributed by atoms with Gasteiger partial charge in [-0.15, -0.1) is 0 Å². The quantitative estimate of drug-likeness (QED) is 0.881. The zero-order valence-corrected chi connectivity index (χ0v) is 12.4. The predicted molar refractivity (Wildman–Crippen MR) is 79.4 cm³/mol. The van der Waals surface area contributed by atoms with Crippen molar-refractivity contribution in [1.29, 1.82) is 0 Å². The van der Waals surface area contributed by atoms with Crippen molar-refractivity contribution < 1.29 is 4.39 Å². The summed E-state index contributed by atoms with van der Waals surface area (Å²) in [5, 5.41) is 3.41. The van der Waals surface area contributed by atoms with Crippen LogP contribution in [0.4, 0.5) is 10.2 Å². The molecule has 0 aliphatic heterocycles. The fourth-order valence-electron chi connectivity index (χ4n) is 2.33. The first-order valence-corrected chi connectivity index (χ1v) is 7.18. The van der Waals surface area contributed by atoms with Crippen LogP contribution in [0.5, 0.6) is 0 Å². The molecule has 1 fully saturated rings. The Labute approximate surface area is 123 Å². The standard InChI is InChI=1S/C15H20FN5/c1-20-6-5-17-14(20)10-21(2)15-11(7-12(16)9-19-15)8-18-13-3-4-13/h5-7,9,13,18H,3-4,8,10H2,1-2H3. The van der Waals surface area contributed by atoms with E-state index < -0.39 is 0 Å². The Morgan fingerprint density at radius 1 is 1.43 bits per heavy atom. The molecule has 1 N–H and O–H groups in total. The molecule has 1 aliphatic rings. The van der Waals surface area contributed by atoms with Crippen LogP contribution in [0.1, 0.15) is 24.2 Å². The number of halogens is 1. The summed E-state index contributed by atoms with van der Waals surface area (Å²) in [5.41, 5.74) is 0.888. The highest BCUT2D eigenvalue weighted by atomic mass is 19.1. The van der Waals surface area contributed by atoms with E-state index in [0.717, 1.165) is 17.2 Å². The highest BCUT2D eigenvalue weighted by Crippen LogP contribution is 2.23. The second kappa shape index (κ2) is 5.81. The van der Waals surface area contributed by atoms with Gasteiger partial charge in [0, 0.05) is 44.6 Å². The number of aryl methyl sites for hydroxylation is 1. The number of pyridine rings is 1. The summed E-state index contributed by atoms with van der Waals surface area (Å²) in [6.07, 6.45) is 7.38. The summed E-state index contributed by atoms with van der Waals surface area (Å²) in [6.45, 7) is 1.29. The molecule has 1 aliphatic carbocycles. The number of anilines is 1. The zero-order chi connectivity index (χ0) is 14.8. The van der Waals surface area contributed by atoms with E-state index in [1.54, 1.807) is 12.3 Å². The van der Waals surface area contributed by atoms with E-state index in [1.165, 1.54) is 19.0 Å². The highest BCUT2D eigenvalue weighted by molar-refractivity contribution is 5.46. The second-order valence-corrected chi connectivity index (χ2v) is 5.60. The largest absolute Gasteiger partial charge is 0.352 e. The molecule has 0 saturated heterocycles. The van der Waals surface area contributed by atoms with Gasteiger partial charge in [0.15, 0.2) is 0 Å². The van der Waals surface area contributed by atoms with Crippen LogP contribution in [-0.4, -0.2) is 27.6 Å². The third kappa shape index (κ3) is 3.39. The van der Waals surface area contributed by atoms with Crippen molar-refractivity contribution in [2.45, 2.75) is 32.0 Å². The highest BCUT2D eigenvalue weighted by Gasteiger charge is 2.21. The maximum Gasteiger partial charge on any atom is 0.141 e. The first-order valence-electron chi connectivity index (χ1n) is 7.18. The van der Waals surface area contributed by atoms with E-state index >= 15 is 0 Å². The second-order valence-electron chi connectivity index (χ2n) is 5.60. The summed E-state index contributed by atoms with van der Waals surface area (Å²) < 4.78 is 15.4. The average molecular weight is 289 g/mol. The molecular weight excluding hydrogens is 269 g/mol. The number of imidazole rings is 1. The minimum atomic E-state index is -0.295. The third-order valence-corrected chi connectivity index (χ3v) is 3.73. The monoisotopic (exact) mass is 289 g/mol. The molecule has 3 rings (SSSR count). The Morgan fingerprint density at radius 3 is 2.90 bits per heavy atom. The minimum absolute atomic E-state index is 0.295. The fraction of sp³-hybridized carbons (Fsp3) is 0.467. The summed E-state index contributed by atoms with van der Waals surface area (Å²) in [5.74, 6) is 1.45. The van der Waals surface area contributed by atoms with Gasteiger partial charge in [0.1, 0.15) is 17.5 Å². The normalized spacial score (nSPS) is 14.4. The van der Waals surface area contributed by atoms with Gasteiger partial charge in [0.25, 0.3) is 0 Å². The lowest BCUT2D eigenvalue weighted by molar-refractivity contribution is 0.610. The molecule has 0 radical (unpaired) electrons. The predicted octanol–water partition coefficient (Wildman–Crippen LogP) is 1.84. The van der Waals surface area contributed by atoms with Gasteiger partial charge in [-0.2, -0.15) is 0 Å². The zero-order valence-electron chi connectivity index (χ0n) is 12.4. The number of nitrogens with one attached hydrogen (secondary N) is 1. The smallest absolute Gasteiger partial charge is 0.141 e. The van der Waals surface area contributed by atoms with Crippen molar-refractivity contribution in [3.05, 3.63) is 41.9 Å². The maximum atomic E-state index is 13.5. The van der Waals surface area contributed by atoms with Crippen LogP contribution >= 0.6 is 0 Å². The van der Waals surface area contributed by atoms with Gasteiger partial charge >= 0.3 is 0 Å². The molecule has 1 saturated carbocycles. The van der Waals surface area contributed by atoms with Crippen LogP contribution < -0.4 is 10.2 Å². The molecule has 0 spiro atoms. The molecule has 6 heteroatoms. The van der Waals surface area contributed by atoms with Gasteiger partial charge < -0.3 is 14.8 Å². The van der Waals surface area contributed by atoms with Gasteiger partial charge in [-0.25, -0.2) is 14.4 Å². The topological polar surface area (TPSA) is 46.0 Å². The Balaban J connectivity index is 1.77. The SMILES string of the molecule is CN(Cc1nccn1C)c1ncc(F)cc1CNC1CC1. The van der Waals surface area contributed by atoms with Crippen LogP contribution in [0, 0.1) is 5.82 Å². The molecule has 0 aromatic carbocycles. The van der Waals surface area contributed by atoms with Crippen LogP contribution in [-0.2, 0) is 20.1 Å². The lowest BCUT2D eigenvalue weighted by Crippen LogP contribution is -2.24. The Bertz CT molecular complexity index is 620. The van der Waals surface area contributed by atoms with Gasteiger partial charge in [-0.3, -0.25) is 0 Å². The average Bonchev–Trinajstić information content (AvgIpc) is 3.20. The van der Waals surface area contributed by atoms with E-state index in [1.807, 2.05) is 29.8 Å². The van der Waals surface area contributed by atoms with Gasteiger partial charge in [-0.1, -0.05) is 0 Å². The first kappa shape index (κ1) is 14.0. The molecule has 2 heterocycles. The van der Waals surface area contributed by atoms with Gasteiger partial charge in [-0.05, 0) is 18.9 Å². The first-order chi connectivity index (χ1) is 10.1. The van der Waals surface area contributed by atoms with Crippen molar-refractivity contribution in [3.63, 3.8) is 0 Å². The van der Waals surface area contributed by atoms with Crippen molar-refractivity contribution in [3.8, 4) is 0 Å². The van der Waals surface area contributed by atoms with Crippen molar-refractivity contribution in [1.82, 2.24) is 19.9 Å². The van der Waals surface area contributed by atoms with E-state index in [0.29, 0.717) is 19.1 Å². The van der Waals surface area contributed by atoms with E-state index in [4.69, 9.17) is 0 Å². The number of hydrogen-bond donors (Lipinski definition) is 1. The van der Waals surface area contributed by atoms with E-state index in [9.17, 15) is 4.39 Å². The van der Waals surface area contributed by atoms with E-state index in [2.05, 4.69) is 15.3 Å². The summed E-state index contributed by atoms with van der Waals surface area (Å²) >= 11 is 0. The Kier molecular flexibility index (Phi) is 3.88. The molecule has 5 nitrogen and oxygen atoms in total. The molecule has 0 unspecified atom stereocenters. The van der Waals surface area contributed by atoms with Crippen molar-refractivity contribution in [2.24, 2.45) is 7.05 Å². The fourth-order valence-corrected chi connectivity index (χ4v) is 2.33. The summed E-state index contributed by atoms with van der Waals surface area (Å²) in [6, 6.07) is 2.15. The molecule has 2 aromatic heterocycles. The minimum Gasteiger partial charge on any atom is -0.352 e. The van der Waals surface area contributed by atoms with Crippen LogP contribution in [0.2, 0.25) is 0 Å². The van der Waals surface area contributed by atoms with Gasteiger partial charge in [0.2, 0.25) is 0 Å². The number of rotatable bonds is 6. The van der Waals surface area contributed by atoms with Crippen LogP contribution in [0.15, 0.2) is 24.7 Å². The summed E-state index contributed by atoms with van der Waals surface area (Å²) in [7, 11) is 3.92. The third-order valence-electron chi connectivity index (χ3n) is 3.73. The van der Waals surface area contributed by atoms with Crippen LogP contribution in [0.25, 0.3) is 0 Å². The molecular formula is C15H20FN5. The maximum absolute atomic E-state index is 13.5. The number of hydrogen-bond acceptors (Lipinski definition) is 4. The Morgan fingerprint density at radius 2 is 2.24 bits per heavy atom. The lowest BCUT2D eigenvalue weighted by atomic mass is 10.2. The molecule has 112 valence electrons. The van der Waals surface area contributed by atoms with Crippen LogP contribution in [0.3, 0.4) is 0 Å². The molecule has 21 heavy (non-hydrogen) atoms. The lowest BCUT2D eigenvalue weighted by Gasteiger charge is -2.21. The molecule has 0 bridgehead atoms.